The van der Waals surface area contributed by atoms with Crippen molar-refractivity contribution in [1.29, 1.82) is 0 Å². The summed E-state index contributed by atoms with van der Waals surface area (Å²) in [6.45, 7) is 0.446. The highest BCUT2D eigenvalue weighted by Gasteiger charge is 2.29. The molecular weight excluding hydrogens is 247 g/mol. The second-order valence-corrected chi connectivity index (χ2v) is 4.91. The second kappa shape index (κ2) is 5.26. The molecule has 2 rings (SSSR count). The van der Waals surface area contributed by atoms with Crippen LogP contribution in [0.4, 0.5) is 0 Å². The Balaban J connectivity index is 1.84. The lowest BCUT2D eigenvalue weighted by Crippen LogP contribution is -2.14. The van der Waals surface area contributed by atoms with E-state index in [0.717, 1.165) is 12.8 Å². The molecule has 4 heteroatoms. The molecule has 1 aromatic carbocycles. The third-order valence-corrected chi connectivity index (χ3v) is 3.34. The molecule has 1 unspecified atom stereocenters. The van der Waals surface area contributed by atoms with Gasteiger partial charge in [-0.05, 0) is 30.9 Å². The summed E-state index contributed by atoms with van der Waals surface area (Å²) in [4.78, 5) is 0. The van der Waals surface area contributed by atoms with Crippen molar-refractivity contribution < 1.29 is 9.84 Å². The molecule has 0 saturated heterocycles. The molecule has 1 saturated carbocycles. The highest BCUT2D eigenvalue weighted by atomic mass is 35.5. The normalized spacial score (nSPS) is 17.2. The number of ether oxygens (including phenoxy) is 1. The average Bonchev–Trinajstić information content (AvgIpc) is 3.05. The summed E-state index contributed by atoms with van der Waals surface area (Å²) >= 11 is 11.9. The second-order valence-electron chi connectivity index (χ2n) is 4.09. The van der Waals surface area contributed by atoms with Crippen molar-refractivity contribution in [3.8, 4) is 5.75 Å². The predicted molar refractivity (Wildman–Crippen MR) is 65.3 cm³/mol. The van der Waals surface area contributed by atoms with Crippen LogP contribution in [-0.2, 0) is 0 Å². The fraction of sp³-hybridized carbons (Fsp3) is 0.500. The maximum absolute atomic E-state index is 9.66. The van der Waals surface area contributed by atoms with Gasteiger partial charge in [-0.15, -0.1) is 0 Å². The molecule has 0 bridgehead atoms. The molecular formula is C12H14Cl2O2. The SMILES string of the molecule is OC(CCOc1c(Cl)cccc1Cl)C1CC1. The number of para-hydroxylation sites is 1. The first kappa shape index (κ1) is 12.0. The molecule has 1 aromatic rings. The molecule has 88 valence electrons. The van der Waals surface area contributed by atoms with Gasteiger partial charge in [0, 0.05) is 6.42 Å². The first-order valence-electron chi connectivity index (χ1n) is 5.43. The number of benzene rings is 1. The first-order valence-corrected chi connectivity index (χ1v) is 6.19. The van der Waals surface area contributed by atoms with Gasteiger partial charge in [-0.3, -0.25) is 0 Å². The summed E-state index contributed by atoms with van der Waals surface area (Å²) in [5.74, 6) is 0.985. The number of aliphatic hydroxyl groups is 1. The third kappa shape index (κ3) is 3.03. The van der Waals surface area contributed by atoms with Crippen molar-refractivity contribution in [2.24, 2.45) is 5.92 Å². The van der Waals surface area contributed by atoms with Crippen LogP contribution in [0.25, 0.3) is 0 Å². The maximum Gasteiger partial charge on any atom is 0.156 e. The lowest BCUT2D eigenvalue weighted by atomic mass is 10.2. The molecule has 0 aromatic heterocycles. The highest BCUT2D eigenvalue weighted by molar-refractivity contribution is 6.37. The molecule has 0 heterocycles. The fourth-order valence-electron chi connectivity index (χ4n) is 1.62. The van der Waals surface area contributed by atoms with Gasteiger partial charge < -0.3 is 9.84 Å². The zero-order chi connectivity index (χ0) is 11.5. The molecule has 0 spiro atoms. The Morgan fingerprint density at radius 3 is 2.50 bits per heavy atom. The molecule has 16 heavy (non-hydrogen) atoms. The lowest BCUT2D eigenvalue weighted by Gasteiger charge is -2.12. The van der Waals surface area contributed by atoms with E-state index in [1.165, 1.54) is 0 Å². The largest absolute Gasteiger partial charge is 0.490 e. The number of rotatable bonds is 5. The maximum atomic E-state index is 9.66. The number of hydrogen-bond acceptors (Lipinski definition) is 2. The van der Waals surface area contributed by atoms with E-state index >= 15 is 0 Å². The Morgan fingerprint density at radius 2 is 1.94 bits per heavy atom. The molecule has 1 atom stereocenters. The van der Waals surface area contributed by atoms with E-state index in [1.807, 2.05) is 0 Å². The minimum absolute atomic E-state index is 0.249. The topological polar surface area (TPSA) is 29.5 Å². The Hall–Kier alpha value is -0.440. The summed E-state index contributed by atoms with van der Waals surface area (Å²) in [6.07, 6.45) is 2.65. The fourth-order valence-corrected chi connectivity index (χ4v) is 2.13. The Kier molecular flexibility index (Phi) is 3.95. The predicted octanol–water partition coefficient (Wildman–Crippen LogP) is 3.53. The van der Waals surface area contributed by atoms with Crippen molar-refractivity contribution in [1.82, 2.24) is 0 Å². The summed E-state index contributed by atoms with van der Waals surface area (Å²) in [6, 6.07) is 5.25. The van der Waals surface area contributed by atoms with Crippen molar-refractivity contribution >= 4 is 23.2 Å². The van der Waals surface area contributed by atoms with Crippen LogP contribution in [0.15, 0.2) is 18.2 Å². The summed E-state index contributed by atoms with van der Waals surface area (Å²) in [5, 5.41) is 10.7. The molecule has 0 amide bonds. The van der Waals surface area contributed by atoms with Crippen LogP contribution in [-0.4, -0.2) is 17.8 Å². The molecule has 2 nitrogen and oxygen atoms in total. The quantitative estimate of drug-likeness (QED) is 0.878. The standard InChI is InChI=1S/C12H14Cl2O2/c13-9-2-1-3-10(14)12(9)16-7-6-11(15)8-4-5-8/h1-3,8,11,15H,4-7H2. The van der Waals surface area contributed by atoms with Crippen LogP contribution < -0.4 is 4.74 Å². The smallest absolute Gasteiger partial charge is 0.156 e. The van der Waals surface area contributed by atoms with Gasteiger partial charge in [-0.25, -0.2) is 0 Å². The van der Waals surface area contributed by atoms with Crippen LogP contribution in [0.5, 0.6) is 5.75 Å². The van der Waals surface area contributed by atoms with Crippen molar-refractivity contribution in [3.63, 3.8) is 0 Å². The van der Waals surface area contributed by atoms with Crippen molar-refractivity contribution in [2.75, 3.05) is 6.61 Å². The number of halogens is 2. The van der Waals surface area contributed by atoms with E-state index in [0.29, 0.717) is 34.7 Å². The van der Waals surface area contributed by atoms with Gasteiger partial charge in [0.25, 0.3) is 0 Å². The van der Waals surface area contributed by atoms with E-state index in [1.54, 1.807) is 18.2 Å². The number of hydrogen-bond donors (Lipinski definition) is 1. The molecule has 1 N–H and O–H groups in total. The van der Waals surface area contributed by atoms with Gasteiger partial charge in [0.2, 0.25) is 0 Å². The molecule has 1 aliphatic carbocycles. The summed E-state index contributed by atoms with van der Waals surface area (Å²) < 4.78 is 5.49. The summed E-state index contributed by atoms with van der Waals surface area (Å²) in [5.41, 5.74) is 0. The van der Waals surface area contributed by atoms with Crippen LogP contribution in [0.1, 0.15) is 19.3 Å². The minimum Gasteiger partial charge on any atom is -0.490 e. The van der Waals surface area contributed by atoms with Crippen molar-refractivity contribution in [3.05, 3.63) is 28.2 Å². The van der Waals surface area contributed by atoms with E-state index in [2.05, 4.69) is 0 Å². The highest BCUT2D eigenvalue weighted by Crippen LogP contribution is 2.35. The monoisotopic (exact) mass is 260 g/mol. The van der Waals surface area contributed by atoms with Crippen LogP contribution >= 0.6 is 23.2 Å². The van der Waals surface area contributed by atoms with Gasteiger partial charge in [0.15, 0.2) is 5.75 Å². The molecule has 1 aliphatic rings. The average molecular weight is 261 g/mol. The zero-order valence-corrected chi connectivity index (χ0v) is 10.3. The number of aliphatic hydroxyl groups excluding tert-OH is 1. The third-order valence-electron chi connectivity index (χ3n) is 2.75. The van der Waals surface area contributed by atoms with Crippen molar-refractivity contribution in [2.45, 2.75) is 25.4 Å². The lowest BCUT2D eigenvalue weighted by molar-refractivity contribution is 0.119. The minimum atomic E-state index is -0.249. The van der Waals surface area contributed by atoms with Gasteiger partial charge in [0.05, 0.1) is 22.8 Å². The van der Waals surface area contributed by atoms with Gasteiger partial charge in [0.1, 0.15) is 0 Å². The molecule has 0 aliphatic heterocycles. The Morgan fingerprint density at radius 1 is 1.31 bits per heavy atom. The van der Waals surface area contributed by atoms with E-state index in [-0.39, 0.29) is 6.10 Å². The van der Waals surface area contributed by atoms with Gasteiger partial charge in [-0.1, -0.05) is 29.3 Å². The molecule has 0 radical (unpaired) electrons. The van der Waals surface area contributed by atoms with E-state index in [9.17, 15) is 5.11 Å². The van der Waals surface area contributed by atoms with Crippen LogP contribution in [0, 0.1) is 5.92 Å². The Labute approximate surface area is 105 Å². The zero-order valence-electron chi connectivity index (χ0n) is 8.83. The summed E-state index contributed by atoms with van der Waals surface area (Å²) in [7, 11) is 0. The van der Waals surface area contributed by atoms with Gasteiger partial charge >= 0.3 is 0 Å². The van der Waals surface area contributed by atoms with E-state index < -0.39 is 0 Å². The van der Waals surface area contributed by atoms with E-state index in [4.69, 9.17) is 27.9 Å². The first-order chi connectivity index (χ1) is 7.68. The Bertz CT molecular complexity index is 344. The molecule has 1 fully saturated rings. The van der Waals surface area contributed by atoms with Crippen LogP contribution in [0.3, 0.4) is 0 Å². The van der Waals surface area contributed by atoms with Crippen LogP contribution in [0.2, 0.25) is 10.0 Å². The van der Waals surface area contributed by atoms with Gasteiger partial charge in [-0.2, -0.15) is 0 Å².